The largest absolute Gasteiger partial charge is 0.394 e. The second-order valence-corrected chi connectivity index (χ2v) is 6.37. The molecule has 2 N–H and O–H groups in total. The third-order valence-corrected chi connectivity index (χ3v) is 5.23. The molecular weight excluding hydrogens is 252 g/mol. The van der Waals surface area contributed by atoms with Crippen LogP contribution < -0.4 is 5.32 Å². The van der Waals surface area contributed by atoms with Crippen LogP contribution in [0.4, 0.5) is 0 Å². The van der Waals surface area contributed by atoms with E-state index in [4.69, 9.17) is 4.74 Å². The highest BCUT2D eigenvalue weighted by Crippen LogP contribution is 2.30. The fraction of sp³-hybridized carbons (Fsp3) is 1.00. The van der Waals surface area contributed by atoms with Crippen molar-refractivity contribution < 1.29 is 9.84 Å². The first-order chi connectivity index (χ1) is 9.74. The fourth-order valence-corrected chi connectivity index (χ4v) is 3.92. The zero-order chi connectivity index (χ0) is 14.4. The molecule has 1 saturated heterocycles. The van der Waals surface area contributed by atoms with Crippen molar-refractivity contribution in [2.75, 3.05) is 32.8 Å². The second-order valence-electron chi connectivity index (χ2n) is 6.37. The predicted molar refractivity (Wildman–Crippen MR) is 82.0 cm³/mol. The normalized spacial score (nSPS) is 30.1. The van der Waals surface area contributed by atoms with Crippen LogP contribution in [0.1, 0.15) is 52.4 Å². The van der Waals surface area contributed by atoms with E-state index < -0.39 is 0 Å². The van der Waals surface area contributed by atoms with Gasteiger partial charge in [0.15, 0.2) is 0 Å². The molecule has 2 fully saturated rings. The minimum atomic E-state index is -0.0733. The molecule has 1 aliphatic heterocycles. The van der Waals surface area contributed by atoms with Crippen molar-refractivity contribution >= 4 is 0 Å². The van der Waals surface area contributed by atoms with Gasteiger partial charge in [0, 0.05) is 18.1 Å². The van der Waals surface area contributed by atoms with Gasteiger partial charge in [-0.25, -0.2) is 0 Å². The van der Waals surface area contributed by atoms with Crippen LogP contribution in [-0.4, -0.2) is 60.5 Å². The number of likely N-dealkylation sites (N-methyl/N-ethyl adjacent to an activating group) is 1. The molecule has 1 heterocycles. The summed E-state index contributed by atoms with van der Waals surface area (Å²) in [4.78, 5) is 2.63. The predicted octanol–water partition coefficient (Wildman–Crippen LogP) is 1.77. The van der Waals surface area contributed by atoms with Gasteiger partial charge in [0.05, 0.1) is 19.3 Å². The lowest BCUT2D eigenvalue weighted by Gasteiger charge is -2.39. The molecular formula is C16H32N2O2. The van der Waals surface area contributed by atoms with Crippen LogP contribution in [0.5, 0.6) is 0 Å². The Morgan fingerprint density at radius 3 is 2.90 bits per heavy atom. The highest BCUT2D eigenvalue weighted by Gasteiger charge is 2.36. The van der Waals surface area contributed by atoms with Crippen LogP contribution in [0.2, 0.25) is 0 Å². The molecule has 0 bridgehead atoms. The van der Waals surface area contributed by atoms with Crippen molar-refractivity contribution in [2.45, 2.75) is 70.1 Å². The molecule has 0 spiro atoms. The van der Waals surface area contributed by atoms with Crippen LogP contribution in [-0.2, 0) is 4.74 Å². The highest BCUT2D eigenvalue weighted by atomic mass is 16.5. The molecule has 2 aliphatic rings. The van der Waals surface area contributed by atoms with Crippen LogP contribution in [0.25, 0.3) is 0 Å². The Bertz CT molecular complexity index is 282. The zero-order valence-electron chi connectivity index (χ0n) is 13.2. The van der Waals surface area contributed by atoms with E-state index in [1.54, 1.807) is 0 Å². The molecule has 0 aromatic heterocycles. The number of aliphatic hydroxyl groups excluding tert-OH is 1. The van der Waals surface area contributed by atoms with Crippen molar-refractivity contribution in [3.05, 3.63) is 0 Å². The van der Waals surface area contributed by atoms with Gasteiger partial charge in [-0.1, -0.05) is 13.8 Å². The van der Waals surface area contributed by atoms with Crippen LogP contribution in [0, 0.1) is 0 Å². The van der Waals surface area contributed by atoms with Crippen molar-refractivity contribution in [1.29, 1.82) is 0 Å². The Labute approximate surface area is 123 Å². The number of nitrogens with zero attached hydrogens (tertiary/aromatic N) is 1. The van der Waals surface area contributed by atoms with E-state index in [0.717, 1.165) is 45.5 Å². The number of hydrogen-bond acceptors (Lipinski definition) is 4. The van der Waals surface area contributed by atoms with Gasteiger partial charge in [-0.15, -0.1) is 0 Å². The third-order valence-electron chi connectivity index (χ3n) is 5.23. The molecule has 1 aliphatic carbocycles. The van der Waals surface area contributed by atoms with Gasteiger partial charge in [0.25, 0.3) is 0 Å². The highest BCUT2D eigenvalue weighted by molar-refractivity contribution is 4.90. The maximum atomic E-state index is 9.70. The monoisotopic (exact) mass is 284 g/mol. The van der Waals surface area contributed by atoms with E-state index in [9.17, 15) is 5.11 Å². The number of nitrogens with one attached hydrogen (secondary N) is 1. The smallest absolute Gasteiger partial charge is 0.0730 e. The van der Waals surface area contributed by atoms with Crippen LogP contribution >= 0.6 is 0 Å². The van der Waals surface area contributed by atoms with Crippen molar-refractivity contribution in [3.8, 4) is 0 Å². The molecule has 3 unspecified atom stereocenters. The van der Waals surface area contributed by atoms with E-state index in [1.807, 2.05) is 0 Å². The standard InChI is InChI=1S/C16H32N2O2/c1-3-16(13-19,17-4-2)9-6-10-18-11-12-20-15-8-5-7-14(15)18/h14-15,17,19H,3-13H2,1-2H3. The molecule has 0 aromatic carbocycles. The minimum absolute atomic E-state index is 0.0733. The Kier molecular flexibility index (Phi) is 6.27. The fourth-order valence-electron chi connectivity index (χ4n) is 3.92. The molecule has 118 valence electrons. The summed E-state index contributed by atoms with van der Waals surface area (Å²) in [6, 6.07) is 0.660. The molecule has 0 radical (unpaired) electrons. The van der Waals surface area contributed by atoms with E-state index in [2.05, 4.69) is 24.1 Å². The summed E-state index contributed by atoms with van der Waals surface area (Å²) < 4.78 is 5.87. The summed E-state index contributed by atoms with van der Waals surface area (Å²) >= 11 is 0. The molecule has 1 saturated carbocycles. The number of rotatable bonds is 8. The average molecular weight is 284 g/mol. The van der Waals surface area contributed by atoms with Gasteiger partial charge in [-0.3, -0.25) is 4.90 Å². The van der Waals surface area contributed by atoms with E-state index in [1.165, 1.54) is 19.3 Å². The topological polar surface area (TPSA) is 44.7 Å². The maximum Gasteiger partial charge on any atom is 0.0730 e. The van der Waals surface area contributed by atoms with E-state index in [0.29, 0.717) is 12.1 Å². The summed E-state index contributed by atoms with van der Waals surface area (Å²) in [5.41, 5.74) is -0.0733. The van der Waals surface area contributed by atoms with E-state index >= 15 is 0 Å². The Hall–Kier alpha value is -0.160. The number of ether oxygens (including phenoxy) is 1. The van der Waals surface area contributed by atoms with Gasteiger partial charge >= 0.3 is 0 Å². The quantitative estimate of drug-likeness (QED) is 0.713. The molecule has 0 amide bonds. The summed E-state index contributed by atoms with van der Waals surface area (Å²) in [7, 11) is 0. The molecule has 0 aromatic rings. The van der Waals surface area contributed by atoms with Gasteiger partial charge in [-0.05, 0) is 51.6 Å². The Morgan fingerprint density at radius 1 is 1.35 bits per heavy atom. The minimum Gasteiger partial charge on any atom is -0.394 e. The van der Waals surface area contributed by atoms with Gasteiger partial charge in [0.1, 0.15) is 0 Å². The summed E-state index contributed by atoms with van der Waals surface area (Å²) in [5.74, 6) is 0. The Morgan fingerprint density at radius 2 is 2.20 bits per heavy atom. The summed E-state index contributed by atoms with van der Waals surface area (Å²) in [6.45, 7) is 8.58. The first-order valence-corrected chi connectivity index (χ1v) is 8.46. The van der Waals surface area contributed by atoms with Crippen molar-refractivity contribution in [2.24, 2.45) is 0 Å². The maximum absolute atomic E-state index is 9.70. The lowest BCUT2D eigenvalue weighted by Crippen LogP contribution is -2.50. The van der Waals surface area contributed by atoms with Gasteiger partial charge in [-0.2, -0.15) is 0 Å². The zero-order valence-corrected chi connectivity index (χ0v) is 13.2. The van der Waals surface area contributed by atoms with Crippen molar-refractivity contribution in [1.82, 2.24) is 10.2 Å². The summed E-state index contributed by atoms with van der Waals surface area (Å²) in [5, 5.41) is 13.2. The lowest BCUT2D eigenvalue weighted by atomic mass is 9.91. The first-order valence-electron chi connectivity index (χ1n) is 8.46. The molecule has 2 rings (SSSR count). The number of fused-ring (bicyclic) bond motifs is 1. The number of morpholine rings is 1. The van der Waals surface area contributed by atoms with Gasteiger partial charge in [0.2, 0.25) is 0 Å². The number of aliphatic hydroxyl groups is 1. The van der Waals surface area contributed by atoms with E-state index in [-0.39, 0.29) is 12.1 Å². The van der Waals surface area contributed by atoms with Crippen molar-refractivity contribution in [3.63, 3.8) is 0 Å². The Balaban J connectivity index is 1.79. The van der Waals surface area contributed by atoms with Crippen LogP contribution in [0.3, 0.4) is 0 Å². The molecule has 4 heteroatoms. The average Bonchev–Trinajstić information content (AvgIpc) is 2.95. The molecule has 3 atom stereocenters. The van der Waals surface area contributed by atoms with Crippen LogP contribution in [0.15, 0.2) is 0 Å². The third kappa shape index (κ3) is 3.73. The summed E-state index contributed by atoms with van der Waals surface area (Å²) in [6.07, 6.45) is 7.56. The lowest BCUT2D eigenvalue weighted by molar-refractivity contribution is -0.0565. The molecule has 4 nitrogen and oxygen atoms in total. The first kappa shape index (κ1) is 16.2. The SMILES string of the molecule is CCNC(CC)(CO)CCCN1CCOC2CCCC21. The molecule has 20 heavy (non-hydrogen) atoms. The number of hydrogen-bond donors (Lipinski definition) is 2. The second kappa shape index (κ2) is 7.74. The van der Waals surface area contributed by atoms with Gasteiger partial charge < -0.3 is 15.2 Å².